The lowest BCUT2D eigenvalue weighted by atomic mass is 10.0. The average Bonchev–Trinajstić information content (AvgIpc) is 2.66. The first-order chi connectivity index (χ1) is 12.9. The highest BCUT2D eigenvalue weighted by atomic mass is 35.5. The number of hydrogen-bond donors (Lipinski definition) is 1. The molecule has 0 saturated heterocycles. The van der Waals surface area contributed by atoms with E-state index >= 15 is 0 Å². The third kappa shape index (κ3) is 5.79. The second-order valence-corrected chi connectivity index (χ2v) is 6.23. The smallest absolute Gasteiger partial charge is 0.338 e. The van der Waals surface area contributed by atoms with Crippen molar-refractivity contribution in [3.63, 3.8) is 0 Å². The van der Waals surface area contributed by atoms with Gasteiger partial charge in [0.2, 0.25) is 0 Å². The molecule has 0 aliphatic carbocycles. The zero-order valence-corrected chi connectivity index (χ0v) is 15.4. The summed E-state index contributed by atoms with van der Waals surface area (Å²) in [5, 5.41) is 13.6. The summed E-state index contributed by atoms with van der Waals surface area (Å²) in [6.45, 7) is 1.53. The maximum atomic E-state index is 12.1. The molecule has 1 amide bonds. The number of carbonyl (C=O) groups excluding carboxylic acids is 2. The van der Waals surface area contributed by atoms with Crippen LogP contribution in [0.5, 0.6) is 0 Å². The van der Waals surface area contributed by atoms with Crippen molar-refractivity contribution in [2.45, 2.75) is 25.8 Å². The molecule has 0 spiro atoms. The van der Waals surface area contributed by atoms with E-state index in [1.165, 1.54) is 12.1 Å². The molecule has 142 valence electrons. The summed E-state index contributed by atoms with van der Waals surface area (Å²) in [6, 6.07) is 12.9. The quantitative estimate of drug-likeness (QED) is 0.416. The number of nitrogens with one attached hydrogen (secondary N) is 1. The number of hydrogen-bond acceptors (Lipinski definition) is 5. The van der Waals surface area contributed by atoms with Gasteiger partial charge in [0, 0.05) is 6.07 Å². The van der Waals surface area contributed by atoms with Crippen molar-refractivity contribution in [3.05, 3.63) is 74.8 Å². The Bertz CT molecular complexity index is 826. The predicted octanol–water partition coefficient (Wildman–Crippen LogP) is 4.06. The molecule has 2 rings (SSSR count). The molecule has 0 aliphatic heterocycles. The largest absolute Gasteiger partial charge is 0.452 e. The van der Waals surface area contributed by atoms with Crippen molar-refractivity contribution in [3.8, 4) is 0 Å². The molecule has 1 N–H and O–H groups in total. The Labute approximate surface area is 161 Å². The minimum absolute atomic E-state index is 0.0490. The van der Waals surface area contributed by atoms with Crippen molar-refractivity contribution < 1.29 is 19.2 Å². The van der Waals surface area contributed by atoms with Crippen LogP contribution in [0.4, 0.5) is 5.69 Å². The van der Waals surface area contributed by atoms with Crippen molar-refractivity contribution in [2.24, 2.45) is 0 Å². The minimum Gasteiger partial charge on any atom is -0.452 e. The van der Waals surface area contributed by atoms with E-state index in [1.807, 2.05) is 37.3 Å². The van der Waals surface area contributed by atoms with Crippen molar-refractivity contribution in [2.75, 3.05) is 6.61 Å². The number of rotatable bonds is 8. The van der Waals surface area contributed by atoms with Crippen LogP contribution in [0.1, 0.15) is 41.7 Å². The van der Waals surface area contributed by atoms with E-state index in [2.05, 4.69) is 5.32 Å². The molecule has 1 atom stereocenters. The first-order valence-corrected chi connectivity index (χ1v) is 8.75. The molecule has 0 heterocycles. The molecule has 0 bridgehead atoms. The molecule has 0 radical (unpaired) electrons. The fourth-order valence-electron chi connectivity index (χ4n) is 2.53. The van der Waals surface area contributed by atoms with Gasteiger partial charge < -0.3 is 10.1 Å². The van der Waals surface area contributed by atoms with Gasteiger partial charge in [-0.3, -0.25) is 14.9 Å². The molecular weight excluding hydrogens is 372 g/mol. The first kappa shape index (κ1) is 20.4. The Kier molecular flexibility index (Phi) is 7.31. The summed E-state index contributed by atoms with van der Waals surface area (Å²) < 4.78 is 4.96. The summed E-state index contributed by atoms with van der Waals surface area (Å²) in [7, 11) is 0. The molecule has 7 nitrogen and oxygen atoms in total. The summed E-state index contributed by atoms with van der Waals surface area (Å²) in [4.78, 5) is 34.4. The van der Waals surface area contributed by atoms with Gasteiger partial charge in [-0.15, -0.1) is 0 Å². The van der Waals surface area contributed by atoms with Crippen molar-refractivity contribution in [1.29, 1.82) is 0 Å². The van der Waals surface area contributed by atoms with Crippen LogP contribution < -0.4 is 5.32 Å². The number of nitro benzene ring substituents is 1. The van der Waals surface area contributed by atoms with Gasteiger partial charge in [0.25, 0.3) is 11.6 Å². The fraction of sp³-hybridized carbons (Fsp3) is 0.263. The molecule has 0 fully saturated rings. The van der Waals surface area contributed by atoms with E-state index in [1.54, 1.807) is 0 Å². The Hall–Kier alpha value is -2.93. The zero-order chi connectivity index (χ0) is 19.8. The number of amides is 1. The molecule has 0 unspecified atom stereocenters. The van der Waals surface area contributed by atoms with Gasteiger partial charge in [-0.2, -0.15) is 0 Å². The topological polar surface area (TPSA) is 98.5 Å². The Morgan fingerprint density at radius 1 is 1.22 bits per heavy atom. The van der Waals surface area contributed by atoms with Crippen LogP contribution in [0.15, 0.2) is 48.5 Å². The van der Waals surface area contributed by atoms with E-state index < -0.39 is 29.1 Å². The van der Waals surface area contributed by atoms with E-state index in [4.69, 9.17) is 16.3 Å². The SMILES string of the molecule is CCC[C@@H](NC(=O)COC(=O)c1ccc(Cl)c([N+](=O)[O-])c1)c1ccccc1. The Morgan fingerprint density at radius 2 is 1.93 bits per heavy atom. The van der Waals surface area contributed by atoms with Gasteiger partial charge in [0.1, 0.15) is 5.02 Å². The summed E-state index contributed by atoms with van der Waals surface area (Å²) >= 11 is 5.71. The standard InChI is InChI=1S/C19H19ClN2O5/c1-2-6-16(13-7-4-3-5-8-13)21-18(23)12-27-19(24)14-9-10-15(20)17(11-14)22(25)26/h3-5,7-11,16H,2,6,12H2,1H3,(H,21,23)/t16-/m1/s1. The monoisotopic (exact) mass is 390 g/mol. The van der Waals surface area contributed by atoms with E-state index in [0.29, 0.717) is 0 Å². The second-order valence-electron chi connectivity index (χ2n) is 5.82. The number of esters is 1. The molecule has 0 aliphatic rings. The lowest BCUT2D eigenvalue weighted by molar-refractivity contribution is -0.384. The summed E-state index contributed by atoms with van der Waals surface area (Å²) in [5.74, 6) is -1.29. The van der Waals surface area contributed by atoms with Crippen LogP contribution in [0.3, 0.4) is 0 Å². The Morgan fingerprint density at radius 3 is 2.56 bits per heavy atom. The number of nitro groups is 1. The highest BCUT2D eigenvalue weighted by molar-refractivity contribution is 6.32. The minimum atomic E-state index is -0.836. The number of carbonyl (C=O) groups is 2. The Balaban J connectivity index is 1.97. The lowest BCUT2D eigenvalue weighted by Crippen LogP contribution is -2.32. The van der Waals surface area contributed by atoms with Gasteiger partial charge in [-0.25, -0.2) is 4.79 Å². The van der Waals surface area contributed by atoms with Crippen LogP contribution in [0.25, 0.3) is 0 Å². The van der Waals surface area contributed by atoms with Gasteiger partial charge in [-0.1, -0.05) is 55.3 Å². The van der Waals surface area contributed by atoms with Gasteiger partial charge in [0.15, 0.2) is 6.61 Å². The zero-order valence-electron chi connectivity index (χ0n) is 14.7. The van der Waals surface area contributed by atoms with Gasteiger partial charge in [-0.05, 0) is 24.1 Å². The van der Waals surface area contributed by atoms with Crippen molar-refractivity contribution in [1.82, 2.24) is 5.32 Å². The average molecular weight is 391 g/mol. The molecule has 0 saturated carbocycles. The number of halogens is 1. The molecule has 0 aromatic heterocycles. The maximum absolute atomic E-state index is 12.1. The van der Waals surface area contributed by atoms with Crippen LogP contribution in [-0.2, 0) is 9.53 Å². The summed E-state index contributed by atoms with van der Waals surface area (Å²) in [6.07, 6.45) is 1.61. The molecule has 2 aromatic carbocycles. The normalized spacial score (nSPS) is 11.5. The lowest BCUT2D eigenvalue weighted by Gasteiger charge is -2.18. The highest BCUT2D eigenvalue weighted by Gasteiger charge is 2.19. The molecule has 2 aromatic rings. The fourth-order valence-corrected chi connectivity index (χ4v) is 2.71. The third-order valence-corrected chi connectivity index (χ3v) is 4.15. The van der Waals surface area contributed by atoms with E-state index in [0.717, 1.165) is 24.5 Å². The maximum Gasteiger partial charge on any atom is 0.338 e. The van der Waals surface area contributed by atoms with Crippen LogP contribution in [0, 0.1) is 10.1 Å². The third-order valence-electron chi connectivity index (χ3n) is 3.83. The van der Waals surface area contributed by atoms with Crippen LogP contribution >= 0.6 is 11.6 Å². The van der Waals surface area contributed by atoms with E-state index in [-0.39, 0.29) is 16.6 Å². The highest BCUT2D eigenvalue weighted by Crippen LogP contribution is 2.25. The second kappa shape index (κ2) is 9.68. The summed E-state index contributed by atoms with van der Waals surface area (Å²) in [5.41, 5.74) is 0.516. The van der Waals surface area contributed by atoms with Crippen molar-refractivity contribution >= 4 is 29.2 Å². The number of ether oxygens (including phenoxy) is 1. The predicted molar refractivity (Wildman–Crippen MR) is 101 cm³/mol. The first-order valence-electron chi connectivity index (χ1n) is 8.37. The van der Waals surface area contributed by atoms with Gasteiger partial charge in [0.05, 0.1) is 16.5 Å². The molecular formula is C19H19ClN2O5. The van der Waals surface area contributed by atoms with E-state index in [9.17, 15) is 19.7 Å². The van der Waals surface area contributed by atoms with Crippen LogP contribution in [-0.4, -0.2) is 23.4 Å². The van der Waals surface area contributed by atoms with Crippen LogP contribution in [0.2, 0.25) is 5.02 Å². The van der Waals surface area contributed by atoms with Gasteiger partial charge >= 0.3 is 5.97 Å². The molecule has 8 heteroatoms. The molecule has 27 heavy (non-hydrogen) atoms. The number of benzene rings is 2. The number of nitrogens with zero attached hydrogens (tertiary/aromatic N) is 1.